The molecule has 1 saturated heterocycles. The molecule has 0 bridgehead atoms. The number of hydrogen-bond acceptors (Lipinski definition) is 3. The summed E-state index contributed by atoms with van der Waals surface area (Å²) in [5.41, 5.74) is 1.21. The molecule has 1 N–H and O–H groups in total. The average molecular weight is 207 g/mol. The van der Waals surface area contributed by atoms with E-state index in [4.69, 9.17) is 15.1 Å². The van der Waals surface area contributed by atoms with Crippen LogP contribution >= 0.6 is 0 Å². The lowest BCUT2D eigenvalue weighted by molar-refractivity contribution is 0.245. The largest absolute Gasteiger partial charge is 0.396 e. The fraction of sp³-hybridized carbons (Fsp3) is 0.750. The second kappa shape index (κ2) is 4.34. The Morgan fingerprint density at radius 2 is 2.47 bits per heavy atom. The highest BCUT2D eigenvalue weighted by atomic mass is 16.6. The first-order chi connectivity index (χ1) is 7.32. The molecular weight excluding hydrogens is 190 g/mol. The van der Waals surface area contributed by atoms with Gasteiger partial charge < -0.3 is 9.84 Å². The van der Waals surface area contributed by atoms with Crippen molar-refractivity contribution in [2.45, 2.75) is 50.2 Å². The first kappa shape index (κ1) is 10.7. The van der Waals surface area contributed by atoms with Crippen LogP contribution in [0.2, 0.25) is 0 Å². The molecule has 3 nitrogen and oxygen atoms in total. The molecule has 2 aliphatic rings. The summed E-state index contributed by atoms with van der Waals surface area (Å²) < 4.78 is 5.78. The van der Waals surface area contributed by atoms with Gasteiger partial charge in [0.25, 0.3) is 0 Å². The summed E-state index contributed by atoms with van der Waals surface area (Å²) in [7, 11) is 0. The van der Waals surface area contributed by atoms with Crippen molar-refractivity contribution < 1.29 is 9.84 Å². The Morgan fingerprint density at radius 1 is 1.60 bits per heavy atom. The maximum absolute atomic E-state index is 8.73. The van der Waals surface area contributed by atoms with Gasteiger partial charge in [0, 0.05) is 12.7 Å². The topological polar surface area (TPSA) is 56.5 Å². The lowest BCUT2D eigenvalue weighted by atomic mass is 9.82. The van der Waals surface area contributed by atoms with Gasteiger partial charge in [-0.25, -0.2) is 0 Å². The van der Waals surface area contributed by atoms with Crippen molar-refractivity contribution in [2.75, 3.05) is 6.61 Å². The molecule has 0 radical (unpaired) electrons. The number of ether oxygens (including phenoxy) is 1. The van der Waals surface area contributed by atoms with Gasteiger partial charge in [-0.05, 0) is 44.1 Å². The molecule has 3 heteroatoms. The Bertz CT molecular complexity index is 305. The van der Waals surface area contributed by atoms with E-state index < -0.39 is 0 Å². The van der Waals surface area contributed by atoms with E-state index in [1.807, 2.05) is 0 Å². The van der Waals surface area contributed by atoms with Gasteiger partial charge in [-0.3, -0.25) is 0 Å². The number of nitriles is 1. The van der Waals surface area contributed by atoms with Crippen LogP contribution in [0, 0.1) is 11.3 Å². The zero-order chi connectivity index (χ0) is 10.7. The SMILES string of the molecule is N#C/C=C1/CCCC2(CCCCO)OC12. The van der Waals surface area contributed by atoms with Crippen LogP contribution in [-0.4, -0.2) is 23.4 Å². The minimum Gasteiger partial charge on any atom is -0.396 e. The molecule has 82 valence electrons. The number of epoxide rings is 1. The highest BCUT2D eigenvalue weighted by Gasteiger charge is 2.58. The Labute approximate surface area is 90.4 Å². The first-order valence-corrected chi connectivity index (χ1v) is 5.70. The summed E-state index contributed by atoms with van der Waals surface area (Å²) in [5.74, 6) is 0. The molecule has 0 aromatic rings. The van der Waals surface area contributed by atoms with Crippen molar-refractivity contribution in [3.63, 3.8) is 0 Å². The van der Waals surface area contributed by atoms with E-state index in [0.29, 0.717) is 0 Å². The van der Waals surface area contributed by atoms with Crippen molar-refractivity contribution in [1.29, 1.82) is 5.26 Å². The summed E-state index contributed by atoms with van der Waals surface area (Å²) in [4.78, 5) is 0. The lowest BCUT2D eigenvalue weighted by Crippen LogP contribution is -2.21. The number of hydrogen-bond donors (Lipinski definition) is 1. The predicted octanol–water partition coefficient (Wildman–Crippen LogP) is 1.92. The monoisotopic (exact) mass is 207 g/mol. The third kappa shape index (κ3) is 2.06. The molecule has 1 saturated carbocycles. The van der Waals surface area contributed by atoms with E-state index in [0.717, 1.165) is 38.5 Å². The zero-order valence-corrected chi connectivity index (χ0v) is 8.91. The van der Waals surface area contributed by atoms with Crippen LogP contribution in [0.25, 0.3) is 0 Å². The summed E-state index contributed by atoms with van der Waals surface area (Å²) in [6.07, 6.45) is 8.03. The summed E-state index contributed by atoms with van der Waals surface area (Å²) in [6, 6.07) is 2.10. The van der Waals surface area contributed by atoms with Gasteiger partial charge in [-0.1, -0.05) is 0 Å². The number of fused-ring (bicyclic) bond motifs is 1. The van der Waals surface area contributed by atoms with Crippen molar-refractivity contribution >= 4 is 0 Å². The summed E-state index contributed by atoms with van der Waals surface area (Å²) in [6.45, 7) is 0.266. The van der Waals surface area contributed by atoms with Crippen LogP contribution < -0.4 is 0 Å². The van der Waals surface area contributed by atoms with Gasteiger partial charge in [0.05, 0.1) is 11.7 Å². The Morgan fingerprint density at radius 3 is 3.20 bits per heavy atom. The molecule has 15 heavy (non-hydrogen) atoms. The van der Waals surface area contributed by atoms with Crippen molar-refractivity contribution in [3.8, 4) is 6.07 Å². The molecule has 1 aliphatic heterocycles. The van der Waals surface area contributed by atoms with Crippen LogP contribution in [-0.2, 0) is 4.74 Å². The van der Waals surface area contributed by atoms with Crippen LogP contribution in [0.15, 0.2) is 11.6 Å². The highest BCUT2D eigenvalue weighted by Crippen LogP contribution is 2.53. The summed E-state index contributed by atoms with van der Waals surface area (Å²) >= 11 is 0. The number of aliphatic hydroxyl groups is 1. The Kier molecular flexibility index (Phi) is 3.08. The Balaban J connectivity index is 1.91. The molecule has 2 unspecified atom stereocenters. The smallest absolute Gasteiger partial charge is 0.109 e. The molecule has 1 aliphatic carbocycles. The van der Waals surface area contributed by atoms with Gasteiger partial charge in [-0.15, -0.1) is 0 Å². The second-order valence-corrected chi connectivity index (χ2v) is 4.45. The van der Waals surface area contributed by atoms with Gasteiger partial charge in [0.2, 0.25) is 0 Å². The third-order valence-corrected chi connectivity index (χ3v) is 3.43. The zero-order valence-electron chi connectivity index (χ0n) is 8.91. The minimum absolute atomic E-state index is 0.0378. The van der Waals surface area contributed by atoms with Gasteiger partial charge in [0.15, 0.2) is 0 Å². The van der Waals surface area contributed by atoms with Gasteiger partial charge >= 0.3 is 0 Å². The van der Waals surface area contributed by atoms with Crippen LogP contribution in [0.3, 0.4) is 0 Å². The second-order valence-electron chi connectivity index (χ2n) is 4.45. The fourth-order valence-electron chi connectivity index (χ4n) is 2.61. The van der Waals surface area contributed by atoms with Gasteiger partial charge in [0.1, 0.15) is 6.10 Å². The minimum atomic E-state index is 0.0378. The standard InChI is InChI=1S/C12H17NO2/c13-8-5-10-4-3-7-12(11(10)15-12)6-1-2-9-14/h5,11,14H,1-4,6-7,9H2/b10-5-. The molecule has 2 rings (SSSR count). The van der Waals surface area contributed by atoms with Crippen molar-refractivity contribution in [2.24, 2.45) is 0 Å². The maximum atomic E-state index is 8.73. The number of nitrogens with zero attached hydrogens (tertiary/aromatic N) is 1. The van der Waals surface area contributed by atoms with Crippen molar-refractivity contribution in [1.82, 2.24) is 0 Å². The normalized spacial score (nSPS) is 36.0. The van der Waals surface area contributed by atoms with Crippen LogP contribution in [0.4, 0.5) is 0 Å². The van der Waals surface area contributed by atoms with E-state index in [1.54, 1.807) is 6.08 Å². The summed E-state index contributed by atoms with van der Waals surface area (Å²) in [5, 5.41) is 17.4. The number of unbranched alkanes of at least 4 members (excludes halogenated alkanes) is 1. The molecule has 2 atom stereocenters. The number of rotatable bonds is 4. The molecular formula is C12H17NO2. The molecule has 1 heterocycles. The van der Waals surface area contributed by atoms with Crippen molar-refractivity contribution in [3.05, 3.63) is 11.6 Å². The lowest BCUT2D eigenvalue weighted by Gasteiger charge is -2.18. The van der Waals surface area contributed by atoms with E-state index in [-0.39, 0.29) is 18.3 Å². The number of aliphatic hydroxyl groups excluding tert-OH is 1. The average Bonchev–Trinajstić information content (AvgIpc) is 2.95. The third-order valence-electron chi connectivity index (χ3n) is 3.43. The molecule has 0 aromatic heterocycles. The molecule has 0 aromatic carbocycles. The molecule has 0 spiro atoms. The fourth-order valence-corrected chi connectivity index (χ4v) is 2.61. The first-order valence-electron chi connectivity index (χ1n) is 5.70. The van der Waals surface area contributed by atoms with E-state index in [2.05, 4.69) is 6.07 Å². The van der Waals surface area contributed by atoms with Gasteiger partial charge in [-0.2, -0.15) is 5.26 Å². The van der Waals surface area contributed by atoms with Crippen LogP contribution in [0.1, 0.15) is 38.5 Å². The predicted molar refractivity (Wildman–Crippen MR) is 56.1 cm³/mol. The maximum Gasteiger partial charge on any atom is 0.109 e. The van der Waals surface area contributed by atoms with E-state index in [9.17, 15) is 0 Å². The van der Waals surface area contributed by atoms with Crippen LogP contribution in [0.5, 0.6) is 0 Å². The Hall–Kier alpha value is -0.850. The van der Waals surface area contributed by atoms with E-state index >= 15 is 0 Å². The van der Waals surface area contributed by atoms with E-state index in [1.165, 1.54) is 5.57 Å². The molecule has 2 fully saturated rings. The molecule has 0 amide bonds. The highest BCUT2D eigenvalue weighted by molar-refractivity contribution is 5.30. The number of allylic oxidation sites excluding steroid dienone is 1. The quantitative estimate of drug-likeness (QED) is 0.435.